The Morgan fingerprint density at radius 3 is 2.46 bits per heavy atom. The number of nitrogens with one attached hydrogen (secondary N) is 1. The summed E-state index contributed by atoms with van der Waals surface area (Å²) in [6.45, 7) is 6.50. The SMILES string of the molecule is CC1(C)CN(c2ccccc2)CN1. The molecule has 1 N–H and O–H groups in total. The monoisotopic (exact) mass is 176 g/mol. The highest BCUT2D eigenvalue weighted by Crippen LogP contribution is 2.20. The van der Waals surface area contributed by atoms with Crippen molar-refractivity contribution in [2.24, 2.45) is 0 Å². The molecule has 1 aliphatic rings. The quantitative estimate of drug-likeness (QED) is 0.702. The van der Waals surface area contributed by atoms with Crippen LogP contribution in [0, 0.1) is 0 Å². The number of anilines is 1. The molecular formula is C11H16N2. The summed E-state index contributed by atoms with van der Waals surface area (Å²) in [5.74, 6) is 0. The largest absolute Gasteiger partial charge is 0.357 e. The van der Waals surface area contributed by atoms with Gasteiger partial charge in [0.15, 0.2) is 0 Å². The van der Waals surface area contributed by atoms with Crippen LogP contribution in [0.5, 0.6) is 0 Å². The molecule has 2 heteroatoms. The van der Waals surface area contributed by atoms with Crippen molar-refractivity contribution in [2.45, 2.75) is 19.4 Å². The van der Waals surface area contributed by atoms with E-state index >= 15 is 0 Å². The van der Waals surface area contributed by atoms with Gasteiger partial charge in [-0.3, -0.25) is 5.32 Å². The van der Waals surface area contributed by atoms with Crippen LogP contribution in [0.2, 0.25) is 0 Å². The zero-order valence-corrected chi connectivity index (χ0v) is 8.25. The molecule has 70 valence electrons. The van der Waals surface area contributed by atoms with Gasteiger partial charge < -0.3 is 4.90 Å². The van der Waals surface area contributed by atoms with Crippen LogP contribution in [0.4, 0.5) is 5.69 Å². The van der Waals surface area contributed by atoms with Gasteiger partial charge in [0.2, 0.25) is 0 Å². The van der Waals surface area contributed by atoms with E-state index < -0.39 is 0 Å². The van der Waals surface area contributed by atoms with Gasteiger partial charge in [-0.2, -0.15) is 0 Å². The minimum Gasteiger partial charge on any atom is -0.357 e. The van der Waals surface area contributed by atoms with Gasteiger partial charge in [-0.25, -0.2) is 0 Å². The topological polar surface area (TPSA) is 15.3 Å². The summed E-state index contributed by atoms with van der Waals surface area (Å²) in [6.07, 6.45) is 0. The summed E-state index contributed by atoms with van der Waals surface area (Å²) < 4.78 is 0. The van der Waals surface area contributed by atoms with E-state index in [0.29, 0.717) is 0 Å². The molecule has 1 fully saturated rings. The van der Waals surface area contributed by atoms with Crippen LogP contribution < -0.4 is 10.2 Å². The highest BCUT2D eigenvalue weighted by Gasteiger charge is 2.27. The molecule has 0 bridgehead atoms. The number of hydrogen-bond acceptors (Lipinski definition) is 2. The highest BCUT2D eigenvalue weighted by atomic mass is 15.3. The first kappa shape index (κ1) is 8.57. The minimum atomic E-state index is 0.246. The first-order valence-electron chi connectivity index (χ1n) is 4.72. The van der Waals surface area contributed by atoms with Crippen LogP contribution in [0.15, 0.2) is 30.3 Å². The van der Waals surface area contributed by atoms with Crippen LogP contribution in [-0.2, 0) is 0 Å². The molecule has 1 saturated heterocycles. The molecule has 0 unspecified atom stereocenters. The van der Waals surface area contributed by atoms with Gasteiger partial charge in [-0.1, -0.05) is 18.2 Å². The standard InChI is InChI=1S/C11H16N2/c1-11(2)8-13(9-12-11)10-6-4-3-5-7-10/h3-7,12H,8-9H2,1-2H3. The predicted octanol–water partition coefficient (Wildman–Crippen LogP) is 1.83. The number of hydrogen-bond donors (Lipinski definition) is 1. The van der Waals surface area contributed by atoms with Gasteiger partial charge in [-0.05, 0) is 26.0 Å². The van der Waals surface area contributed by atoms with E-state index in [2.05, 4.69) is 54.4 Å². The van der Waals surface area contributed by atoms with E-state index in [4.69, 9.17) is 0 Å². The van der Waals surface area contributed by atoms with Crippen molar-refractivity contribution in [3.63, 3.8) is 0 Å². The predicted molar refractivity (Wildman–Crippen MR) is 55.9 cm³/mol. The second-order valence-electron chi connectivity index (χ2n) is 4.25. The molecule has 1 heterocycles. The third kappa shape index (κ3) is 1.83. The highest BCUT2D eigenvalue weighted by molar-refractivity contribution is 5.47. The number of rotatable bonds is 1. The average Bonchev–Trinajstić information content (AvgIpc) is 2.48. The molecule has 1 aliphatic heterocycles. The van der Waals surface area contributed by atoms with E-state index in [0.717, 1.165) is 13.2 Å². The van der Waals surface area contributed by atoms with Gasteiger partial charge in [0, 0.05) is 17.8 Å². The molecule has 13 heavy (non-hydrogen) atoms. The molecule has 0 atom stereocenters. The molecule has 0 aliphatic carbocycles. The minimum absolute atomic E-state index is 0.246. The van der Waals surface area contributed by atoms with Crippen molar-refractivity contribution in [3.8, 4) is 0 Å². The molecule has 0 aromatic heterocycles. The van der Waals surface area contributed by atoms with Crippen LogP contribution in [0.1, 0.15) is 13.8 Å². The lowest BCUT2D eigenvalue weighted by Gasteiger charge is -2.19. The van der Waals surface area contributed by atoms with Crippen molar-refractivity contribution >= 4 is 5.69 Å². The average molecular weight is 176 g/mol. The second kappa shape index (κ2) is 3.04. The fourth-order valence-electron chi connectivity index (χ4n) is 1.72. The molecule has 0 amide bonds. The maximum Gasteiger partial charge on any atom is 0.0687 e. The Morgan fingerprint density at radius 1 is 1.23 bits per heavy atom. The van der Waals surface area contributed by atoms with Gasteiger partial charge >= 0.3 is 0 Å². The van der Waals surface area contributed by atoms with Crippen molar-refractivity contribution in [1.29, 1.82) is 0 Å². The summed E-state index contributed by atoms with van der Waals surface area (Å²) in [7, 11) is 0. The summed E-state index contributed by atoms with van der Waals surface area (Å²) in [4.78, 5) is 2.36. The van der Waals surface area contributed by atoms with E-state index in [1.54, 1.807) is 0 Å². The Labute approximate surface area is 79.6 Å². The van der Waals surface area contributed by atoms with Gasteiger partial charge in [0.1, 0.15) is 0 Å². The molecule has 0 spiro atoms. The molecule has 1 aromatic carbocycles. The Bertz CT molecular complexity index is 279. The summed E-state index contributed by atoms with van der Waals surface area (Å²) >= 11 is 0. The molecular weight excluding hydrogens is 160 g/mol. The van der Waals surface area contributed by atoms with E-state index in [-0.39, 0.29) is 5.54 Å². The number of para-hydroxylation sites is 1. The van der Waals surface area contributed by atoms with Crippen LogP contribution in [0.3, 0.4) is 0 Å². The molecule has 0 radical (unpaired) electrons. The normalized spacial score (nSPS) is 20.6. The zero-order chi connectivity index (χ0) is 9.31. The van der Waals surface area contributed by atoms with Crippen LogP contribution in [0.25, 0.3) is 0 Å². The first-order chi connectivity index (χ1) is 6.17. The lowest BCUT2D eigenvalue weighted by molar-refractivity contribution is 0.488. The van der Waals surface area contributed by atoms with E-state index in [1.807, 2.05) is 0 Å². The molecule has 2 rings (SSSR count). The van der Waals surface area contributed by atoms with Gasteiger partial charge in [0.05, 0.1) is 6.67 Å². The second-order valence-corrected chi connectivity index (χ2v) is 4.25. The van der Waals surface area contributed by atoms with Crippen LogP contribution in [-0.4, -0.2) is 18.8 Å². The fraction of sp³-hybridized carbons (Fsp3) is 0.455. The molecule has 0 saturated carbocycles. The first-order valence-corrected chi connectivity index (χ1v) is 4.72. The Morgan fingerprint density at radius 2 is 1.92 bits per heavy atom. The maximum atomic E-state index is 3.47. The molecule has 1 aromatic rings. The van der Waals surface area contributed by atoms with Crippen molar-refractivity contribution in [2.75, 3.05) is 18.1 Å². The zero-order valence-electron chi connectivity index (χ0n) is 8.25. The third-order valence-electron chi connectivity index (χ3n) is 2.46. The van der Waals surface area contributed by atoms with E-state index in [9.17, 15) is 0 Å². The summed E-state index contributed by atoms with van der Waals surface area (Å²) in [5, 5.41) is 3.47. The Hall–Kier alpha value is -1.02. The van der Waals surface area contributed by atoms with Crippen molar-refractivity contribution in [1.82, 2.24) is 5.32 Å². The van der Waals surface area contributed by atoms with Gasteiger partial charge in [0.25, 0.3) is 0 Å². The van der Waals surface area contributed by atoms with E-state index in [1.165, 1.54) is 5.69 Å². The third-order valence-corrected chi connectivity index (χ3v) is 2.46. The Kier molecular flexibility index (Phi) is 2.00. The maximum absolute atomic E-state index is 3.47. The number of benzene rings is 1. The molecule has 2 nitrogen and oxygen atoms in total. The van der Waals surface area contributed by atoms with Crippen molar-refractivity contribution in [3.05, 3.63) is 30.3 Å². The number of nitrogens with zero attached hydrogens (tertiary/aromatic N) is 1. The summed E-state index contributed by atoms with van der Waals surface area (Å²) in [5.41, 5.74) is 1.55. The Balaban J connectivity index is 2.13. The fourth-order valence-corrected chi connectivity index (χ4v) is 1.72. The van der Waals surface area contributed by atoms with Gasteiger partial charge in [-0.15, -0.1) is 0 Å². The van der Waals surface area contributed by atoms with Crippen molar-refractivity contribution < 1.29 is 0 Å². The lowest BCUT2D eigenvalue weighted by Crippen LogP contribution is -2.34. The lowest BCUT2D eigenvalue weighted by atomic mass is 10.1. The van der Waals surface area contributed by atoms with Crippen LogP contribution >= 0.6 is 0 Å². The smallest absolute Gasteiger partial charge is 0.0687 e. The summed E-state index contributed by atoms with van der Waals surface area (Å²) in [6, 6.07) is 10.5.